The van der Waals surface area contributed by atoms with Crippen molar-refractivity contribution in [3.63, 3.8) is 0 Å². The minimum atomic E-state index is -1.39. The standard InChI is InChI=1S/C37H42O13/c1-8-44-29-17-24(15-26-18-25-13-11-10-12-14-27(25)31(26)37(42)43-7)16-28(32(29)45-9-2)33-35(48-22(5)40)36(49-23(6)41)34(47-21(4)39)30(50-33)19-46-20(3)38/h10-14,16-18,30,33-36H,8-9,15,19H2,1-7H3/t30-,33+,34-,35+,36+/m1/s1. The van der Waals surface area contributed by atoms with E-state index in [1.807, 2.05) is 36.4 Å². The quantitative estimate of drug-likeness (QED) is 0.178. The van der Waals surface area contributed by atoms with E-state index in [0.717, 1.165) is 19.4 Å². The number of ether oxygens (including phenoxy) is 8. The summed E-state index contributed by atoms with van der Waals surface area (Å²) in [7, 11) is 1.32. The van der Waals surface area contributed by atoms with Crippen LogP contribution in [0, 0.1) is 0 Å². The number of carbonyl (C=O) groups is 5. The molecule has 1 aliphatic heterocycles. The smallest absolute Gasteiger partial charge is 0.338 e. The number of methoxy groups -OCH3 is 1. The van der Waals surface area contributed by atoms with Crippen LogP contribution in [0.15, 0.2) is 48.5 Å². The summed E-state index contributed by atoms with van der Waals surface area (Å²) in [4.78, 5) is 62.3. The minimum absolute atomic E-state index is 0.204. The van der Waals surface area contributed by atoms with Gasteiger partial charge in [0.2, 0.25) is 0 Å². The molecule has 1 aromatic carbocycles. The molecule has 0 saturated carbocycles. The second-order valence-electron chi connectivity index (χ2n) is 11.5. The van der Waals surface area contributed by atoms with E-state index in [9.17, 15) is 24.0 Å². The molecule has 13 heteroatoms. The molecule has 13 nitrogen and oxygen atoms in total. The van der Waals surface area contributed by atoms with Crippen LogP contribution in [0.4, 0.5) is 0 Å². The lowest BCUT2D eigenvalue weighted by Crippen LogP contribution is -2.59. The lowest BCUT2D eigenvalue weighted by atomic mass is 9.88. The largest absolute Gasteiger partial charge is 0.490 e. The number of benzene rings is 1. The maximum absolute atomic E-state index is 13.1. The summed E-state index contributed by atoms with van der Waals surface area (Å²) < 4.78 is 46.1. The summed E-state index contributed by atoms with van der Waals surface area (Å²) in [6.45, 7) is 8.33. The molecule has 0 unspecified atom stereocenters. The van der Waals surface area contributed by atoms with Gasteiger partial charge in [0.1, 0.15) is 18.8 Å². The van der Waals surface area contributed by atoms with Gasteiger partial charge in [0.15, 0.2) is 29.8 Å². The van der Waals surface area contributed by atoms with Gasteiger partial charge in [-0.1, -0.05) is 30.3 Å². The van der Waals surface area contributed by atoms with Gasteiger partial charge in [-0.2, -0.15) is 0 Å². The Balaban J connectivity index is 1.96. The number of rotatable bonds is 13. The predicted molar refractivity (Wildman–Crippen MR) is 177 cm³/mol. The highest BCUT2D eigenvalue weighted by Gasteiger charge is 2.53. The second-order valence-corrected chi connectivity index (χ2v) is 11.5. The van der Waals surface area contributed by atoms with Crippen LogP contribution in [0.2, 0.25) is 0 Å². The monoisotopic (exact) mass is 694 g/mol. The van der Waals surface area contributed by atoms with Gasteiger partial charge in [-0.05, 0) is 60.7 Å². The lowest BCUT2D eigenvalue weighted by Gasteiger charge is -2.45. The van der Waals surface area contributed by atoms with Crippen molar-refractivity contribution in [3.8, 4) is 22.6 Å². The Bertz CT molecular complexity index is 1680. The second kappa shape index (κ2) is 17.0. The predicted octanol–water partition coefficient (Wildman–Crippen LogP) is 4.76. The summed E-state index contributed by atoms with van der Waals surface area (Å²) in [5.74, 6) is -2.78. The summed E-state index contributed by atoms with van der Waals surface area (Å²) in [6, 6.07) is 14.8. The van der Waals surface area contributed by atoms with Crippen LogP contribution in [-0.2, 0) is 54.0 Å². The van der Waals surface area contributed by atoms with E-state index in [1.54, 1.807) is 26.0 Å². The average molecular weight is 695 g/mol. The third-order valence-electron chi connectivity index (χ3n) is 7.81. The fraction of sp³-hybridized carbons (Fsp3) is 0.432. The Morgan fingerprint density at radius 3 is 2.00 bits per heavy atom. The molecule has 0 bridgehead atoms. The van der Waals surface area contributed by atoms with Crippen LogP contribution >= 0.6 is 0 Å². The van der Waals surface area contributed by atoms with Gasteiger partial charge in [0.05, 0.1) is 25.9 Å². The molecular weight excluding hydrogens is 652 g/mol. The first-order valence-electron chi connectivity index (χ1n) is 16.2. The first-order chi connectivity index (χ1) is 23.9. The highest BCUT2D eigenvalue weighted by molar-refractivity contribution is 6.01. The van der Waals surface area contributed by atoms with Crippen molar-refractivity contribution in [3.05, 3.63) is 70.8 Å². The molecule has 0 aromatic heterocycles. The van der Waals surface area contributed by atoms with Crippen LogP contribution in [-0.4, -0.2) is 81.2 Å². The number of hydrogen-bond donors (Lipinski definition) is 0. The van der Waals surface area contributed by atoms with Gasteiger partial charge in [-0.3, -0.25) is 19.2 Å². The van der Waals surface area contributed by atoms with E-state index in [1.165, 1.54) is 21.0 Å². The first-order valence-corrected chi connectivity index (χ1v) is 16.2. The zero-order valence-electron chi connectivity index (χ0n) is 29.1. The van der Waals surface area contributed by atoms with Gasteiger partial charge in [-0.25, -0.2) is 4.79 Å². The van der Waals surface area contributed by atoms with Crippen molar-refractivity contribution in [2.24, 2.45) is 0 Å². The average Bonchev–Trinajstić information content (AvgIpc) is 3.21. The van der Waals surface area contributed by atoms with Crippen molar-refractivity contribution >= 4 is 29.8 Å². The molecule has 0 spiro atoms. The van der Waals surface area contributed by atoms with Crippen LogP contribution in [0.3, 0.4) is 0 Å². The molecule has 2 aliphatic carbocycles. The van der Waals surface area contributed by atoms with E-state index >= 15 is 0 Å². The molecule has 268 valence electrons. The third kappa shape index (κ3) is 8.89. The summed E-state index contributed by atoms with van der Waals surface area (Å²) in [5, 5.41) is 0. The molecular formula is C37H42O13. The Morgan fingerprint density at radius 2 is 1.38 bits per heavy atom. The summed E-state index contributed by atoms with van der Waals surface area (Å²) in [5.41, 5.74) is 3.63. The van der Waals surface area contributed by atoms with Crippen molar-refractivity contribution in [1.82, 2.24) is 0 Å². The van der Waals surface area contributed by atoms with Crippen molar-refractivity contribution in [2.45, 2.75) is 78.5 Å². The van der Waals surface area contributed by atoms with Crippen molar-refractivity contribution in [1.29, 1.82) is 0 Å². The molecule has 0 amide bonds. The Labute approximate surface area is 290 Å². The maximum Gasteiger partial charge on any atom is 0.338 e. The Hall–Kier alpha value is -5.17. The van der Waals surface area contributed by atoms with Crippen LogP contribution in [0.1, 0.15) is 74.7 Å². The van der Waals surface area contributed by atoms with E-state index < -0.39 is 67.0 Å². The van der Waals surface area contributed by atoms with Gasteiger partial charge in [-0.15, -0.1) is 0 Å². The SMILES string of the molecule is CCOc1cc(Cc2cc3cccccc-3c2C(=O)OC)cc([C@@H]2O[C@H](COC(C)=O)[C@@H](OC(C)=O)[C@H](OC(C)=O)[C@H]2OC(C)=O)c1OCC. The fourth-order valence-electron chi connectivity index (χ4n) is 6.09. The van der Waals surface area contributed by atoms with E-state index in [0.29, 0.717) is 33.6 Å². The van der Waals surface area contributed by atoms with E-state index in [4.69, 9.17) is 37.9 Å². The van der Waals surface area contributed by atoms with E-state index in [-0.39, 0.29) is 25.4 Å². The molecule has 1 fully saturated rings. The van der Waals surface area contributed by atoms with Crippen molar-refractivity contribution in [2.75, 3.05) is 26.9 Å². The number of hydrogen-bond acceptors (Lipinski definition) is 13. The molecule has 5 atom stereocenters. The van der Waals surface area contributed by atoms with E-state index in [2.05, 4.69) is 0 Å². The summed E-state index contributed by atoms with van der Waals surface area (Å²) >= 11 is 0. The first kappa shape index (κ1) is 37.6. The van der Waals surface area contributed by atoms with Crippen molar-refractivity contribution < 1.29 is 61.9 Å². The molecule has 1 heterocycles. The Kier molecular flexibility index (Phi) is 12.8. The van der Waals surface area contributed by atoms with Gasteiger partial charge in [0.25, 0.3) is 0 Å². The topological polar surface area (TPSA) is 159 Å². The molecule has 1 saturated heterocycles. The molecule has 4 rings (SSSR count). The number of carbonyl (C=O) groups excluding carboxylic acids is 5. The Morgan fingerprint density at radius 1 is 0.740 bits per heavy atom. The zero-order chi connectivity index (χ0) is 36.5. The van der Waals surface area contributed by atoms with Gasteiger partial charge < -0.3 is 37.9 Å². The highest BCUT2D eigenvalue weighted by Crippen LogP contribution is 2.45. The van der Waals surface area contributed by atoms with Gasteiger partial charge >= 0.3 is 29.8 Å². The maximum atomic E-state index is 13.1. The van der Waals surface area contributed by atoms with Gasteiger partial charge in [0, 0.05) is 33.3 Å². The molecule has 0 radical (unpaired) electrons. The zero-order valence-corrected chi connectivity index (χ0v) is 29.1. The number of esters is 5. The normalized spacial score (nSPS) is 19.9. The summed E-state index contributed by atoms with van der Waals surface area (Å²) in [6.07, 6.45) is -6.26. The van der Waals surface area contributed by atoms with Crippen LogP contribution in [0.25, 0.3) is 11.1 Å². The lowest BCUT2D eigenvalue weighted by molar-refractivity contribution is -0.254. The highest BCUT2D eigenvalue weighted by atomic mass is 16.7. The molecule has 3 aliphatic rings. The fourth-order valence-corrected chi connectivity index (χ4v) is 6.09. The molecule has 1 aromatic rings. The molecule has 0 N–H and O–H groups in total. The van der Waals surface area contributed by atoms with Crippen LogP contribution in [0.5, 0.6) is 11.5 Å². The van der Waals surface area contributed by atoms with Crippen LogP contribution < -0.4 is 9.47 Å². The minimum Gasteiger partial charge on any atom is -0.490 e. The molecule has 50 heavy (non-hydrogen) atoms. The number of fused-ring (bicyclic) bond motifs is 1. The third-order valence-corrected chi connectivity index (χ3v) is 7.81.